The van der Waals surface area contributed by atoms with Crippen molar-refractivity contribution >= 4 is 17.4 Å². The predicted molar refractivity (Wildman–Crippen MR) is 69.3 cm³/mol. The largest absolute Gasteiger partial charge is 0.354 e. The second-order valence-electron chi connectivity index (χ2n) is 3.93. The standard InChI is InChI=1S/C12H20ClN3/c1-4-5-7-16(8-6-13)12-9-14-10(2)11(3)15-12/h9H,4-8H2,1-3H3. The lowest BCUT2D eigenvalue weighted by Crippen LogP contribution is -2.28. The predicted octanol–water partition coefficient (Wildman–Crippen LogP) is 2.94. The highest BCUT2D eigenvalue weighted by molar-refractivity contribution is 6.18. The lowest BCUT2D eigenvalue weighted by molar-refractivity contribution is 0.721. The molecule has 1 heterocycles. The van der Waals surface area contributed by atoms with Crippen molar-refractivity contribution in [3.63, 3.8) is 0 Å². The molecule has 0 fully saturated rings. The molecule has 0 saturated heterocycles. The summed E-state index contributed by atoms with van der Waals surface area (Å²) in [6.45, 7) is 7.98. The maximum atomic E-state index is 5.81. The number of nitrogens with zero attached hydrogens (tertiary/aromatic N) is 3. The smallest absolute Gasteiger partial charge is 0.147 e. The highest BCUT2D eigenvalue weighted by Crippen LogP contribution is 2.12. The van der Waals surface area contributed by atoms with Gasteiger partial charge in [0, 0.05) is 19.0 Å². The average molecular weight is 242 g/mol. The molecule has 0 unspecified atom stereocenters. The number of halogens is 1. The number of rotatable bonds is 6. The van der Waals surface area contributed by atoms with E-state index in [2.05, 4.69) is 21.8 Å². The summed E-state index contributed by atoms with van der Waals surface area (Å²) >= 11 is 5.81. The Hall–Kier alpha value is -0.830. The van der Waals surface area contributed by atoms with Gasteiger partial charge in [0.2, 0.25) is 0 Å². The molecule has 4 heteroatoms. The van der Waals surface area contributed by atoms with Gasteiger partial charge in [-0.1, -0.05) is 13.3 Å². The summed E-state index contributed by atoms with van der Waals surface area (Å²) in [4.78, 5) is 11.1. The van der Waals surface area contributed by atoms with Crippen LogP contribution < -0.4 is 4.90 Å². The molecule has 0 saturated carbocycles. The van der Waals surface area contributed by atoms with Gasteiger partial charge in [0.15, 0.2) is 0 Å². The molecule has 0 radical (unpaired) electrons. The Morgan fingerprint density at radius 2 is 2.00 bits per heavy atom. The first-order chi connectivity index (χ1) is 7.69. The summed E-state index contributed by atoms with van der Waals surface area (Å²) in [5.74, 6) is 1.57. The van der Waals surface area contributed by atoms with Crippen LogP contribution in [0, 0.1) is 13.8 Å². The van der Waals surface area contributed by atoms with Crippen LogP contribution in [0.5, 0.6) is 0 Å². The lowest BCUT2D eigenvalue weighted by Gasteiger charge is -2.22. The van der Waals surface area contributed by atoms with Crippen molar-refractivity contribution in [3.8, 4) is 0 Å². The second-order valence-corrected chi connectivity index (χ2v) is 4.31. The van der Waals surface area contributed by atoms with Gasteiger partial charge in [-0.15, -0.1) is 11.6 Å². The molecular formula is C12H20ClN3. The van der Waals surface area contributed by atoms with Crippen molar-refractivity contribution < 1.29 is 0 Å². The van der Waals surface area contributed by atoms with E-state index in [0.717, 1.165) is 36.7 Å². The zero-order chi connectivity index (χ0) is 12.0. The Morgan fingerprint density at radius 3 is 2.56 bits per heavy atom. The first kappa shape index (κ1) is 13.2. The summed E-state index contributed by atoms with van der Waals surface area (Å²) < 4.78 is 0. The second kappa shape index (κ2) is 6.69. The molecule has 0 aliphatic rings. The van der Waals surface area contributed by atoms with E-state index in [-0.39, 0.29) is 0 Å². The van der Waals surface area contributed by atoms with Crippen molar-refractivity contribution in [1.82, 2.24) is 9.97 Å². The van der Waals surface area contributed by atoms with Gasteiger partial charge in [0.1, 0.15) is 5.82 Å². The van der Waals surface area contributed by atoms with E-state index in [0.29, 0.717) is 5.88 Å². The van der Waals surface area contributed by atoms with Crippen molar-refractivity contribution in [2.45, 2.75) is 33.6 Å². The fourth-order valence-corrected chi connectivity index (χ4v) is 1.68. The average Bonchev–Trinajstić information content (AvgIpc) is 2.28. The molecule has 0 aromatic carbocycles. The zero-order valence-electron chi connectivity index (χ0n) is 10.3. The third-order valence-corrected chi connectivity index (χ3v) is 2.81. The minimum Gasteiger partial charge on any atom is -0.354 e. The topological polar surface area (TPSA) is 29.0 Å². The SMILES string of the molecule is CCCCN(CCCl)c1cnc(C)c(C)n1. The highest BCUT2D eigenvalue weighted by atomic mass is 35.5. The molecule has 3 nitrogen and oxygen atoms in total. The molecule has 16 heavy (non-hydrogen) atoms. The molecular weight excluding hydrogens is 222 g/mol. The monoisotopic (exact) mass is 241 g/mol. The molecule has 0 bridgehead atoms. The molecule has 1 aromatic rings. The van der Waals surface area contributed by atoms with Crippen molar-refractivity contribution in [3.05, 3.63) is 17.6 Å². The molecule has 1 aromatic heterocycles. The molecule has 1 rings (SSSR count). The van der Waals surface area contributed by atoms with Crippen LogP contribution in [-0.4, -0.2) is 28.9 Å². The molecule has 0 amide bonds. The minimum atomic E-state index is 0.623. The maximum absolute atomic E-state index is 5.81. The number of aromatic nitrogens is 2. The van der Waals surface area contributed by atoms with Crippen LogP contribution in [0.4, 0.5) is 5.82 Å². The molecule has 90 valence electrons. The van der Waals surface area contributed by atoms with Crippen LogP contribution in [0.15, 0.2) is 6.20 Å². The van der Waals surface area contributed by atoms with Crippen LogP contribution >= 0.6 is 11.6 Å². The summed E-state index contributed by atoms with van der Waals surface area (Å²) in [5, 5.41) is 0. The lowest BCUT2D eigenvalue weighted by atomic mass is 10.3. The number of unbranched alkanes of at least 4 members (excludes halogenated alkanes) is 1. The Bertz CT molecular complexity index is 328. The maximum Gasteiger partial charge on any atom is 0.147 e. The quantitative estimate of drug-likeness (QED) is 0.717. The fourth-order valence-electron chi connectivity index (χ4n) is 1.47. The molecule has 0 N–H and O–H groups in total. The van der Waals surface area contributed by atoms with Gasteiger partial charge < -0.3 is 4.90 Å². The van der Waals surface area contributed by atoms with Crippen LogP contribution in [0.2, 0.25) is 0 Å². The number of anilines is 1. The molecule has 0 aliphatic carbocycles. The summed E-state index contributed by atoms with van der Waals surface area (Å²) in [6.07, 6.45) is 4.17. The minimum absolute atomic E-state index is 0.623. The van der Waals surface area contributed by atoms with E-state index >= 15 is 0 Å². The summed E-state index contributed by atoms with van der Waals surface area (Å²) in [6, 6.07) is 0. The van der Waals surface area contributed by atoms with Gasteiger partial charge in [-0.05, 0) is 20.3 Å². The Morgan fingerprint density at radius 1 is 1.25 bits per heavy atom. The summed E-state index contributed by atoms with van der Waals surface area (Å²) in [7, 11) is 0. The van der Waals surface area contributed by atoms with E-state index in [1.54, 1.807) is 0 Å². The van der Waals surface area contributed by atoms with Gasteiger partial charge in [0.05, 0.1) is 17.6 Å². The van der Waals surface area contributed by atoms with Gasteiger partial charge >= 0.3 is 0 Å². The number of alkyl halides is 1. The van der Waals surface area contributed by atoms with Crippen molar-refractivity contribution in [1.29, 1.82) is 0 Å². The number of hydrogen-bond acceptors (Lipinski definition) is 3. The van der Waals surface area contributed by atoms with Crippen LogP contribution in [0.1, 0.15) is 31.2 Å². The van der Waals surface area contributed by atoms with E-state index in [9.17, 15) is 0 Å². The fraction of sp³-hybridized carbons (Fsp3) is 0.667. The third-order valence-electron chi connectivity index (χ3n) is 2.64. The molecule has 0 atom stereocenters. The van der Waals surface area contributed by atoms with Crippen LogP contribution in [0.3, 0.4) is 0 Å². The first-order valence-corrected chi connectivity index (χ1v) is 6.33. The summed E-state index contributed by atoms with van der Waals surface area (Å²) in [5.41, 5.74) is 1.98. The van der Waals surface area contributed by atoms with Gasteiger partial charge in [0.25, 0.3) is 0 Å². The Labute approximate surface area is 103 Å². The molecule has 0 aliphatic heterocycles. The van der Waals surface area contributed by atoms with E-state index < -0.39 is 0 Å². The Balaban J connectivity index is 2.78. The van der Waals surface area contributed by atoms with Gasteiger partial charge in [-0.25, -0.2) is 4.98 Å². The normalized spacial score (nSPS) is 10.5. The number of hydrogen-bond donors (Lipinski definition) is 0. The zero-order valence-corrected chi connectivity index (χ0v) is 11.1. The highest BCUT2D eigenvalue weighted by Gasteiger charge is 2.08. The Kier molecular flexibility index (Phi) is 5.53. The number of aryl methyl sites for hydroxylation is 2. The van der Waals surface area contributed by atoms with Gasteiger partial charge in [-0.3, -0.25) is 4.98 Å². The third kappa shape index (κ3) is 3.63. The van der Waals surface area contributed by atoms with Crippen molar-refractivity contribution in [2.75, 3.05) is 23.9 Å². The first-order valence-electron chi connectivity index (χ1n) is 5.80. The van der Waals surface area contributed by atoms with E-state index in [4.69, 9.17) is 11.6 Å². The van der Waals surface area contributed by atoms with Crippen molar-refractivity contribution in [2.24, 2.45) is 0 Å². The van der Waals surface area contributed by atoms with Crippen LogP contribution in [-0.2, 0) is 0 Å². The van der Waals surface area contributed by atoms with Gasteiger partial charge in [-0.2, -0.15) is 0 Å². The molecule has 0 spiro atoms. The van der Waals surface area contributed by atoms with Crippen LogP contribution in [0.25, 0.3) is 0 Å². The van der Waals surface area contributed by atoms with E-state index in [1.165, 1.54) is 6.42 Å². The van der Waals surface area contributed by atoms with E-state index in [1.807, 2.05) is 20.0 Å².